The Labute approximate surface area is 122 Å². The van der Waals surface area contributed by atoms with Crippen molar-refractivity contribution in [3.63, 3.8) is 0 Å². The maximum atomic E-state index is 5.73. The summed E-state index contributed by atoms with van der Waals surface area (Å²) < 4.78 is 5.73. The fourth-order valence-electron chi connectivity index (χ4n) is 2.96. The number of nitrogens with one attached hydrogen (secondary N) is 1. The standard InChI is InChI=1S/C16H29N3O/c1-2-12-17-13-6-9-15-18-19-16(20-15)11-10-14-7-4-3-5-8-14/h14,17H,2-13H2,1H3. The molecule has 0 aliphatic heterocycles. The molecule has 0 spiro atoms. The zero-order valence-corrected chi connectivity index (χ0v) is 12.9. The van der Waals surface area contributed by atoms with Crippen molar-refractivity contribution in [2.45, 2.75) is 71.1 Å². The molecule has 0 radical (unpaired) electrons. The lowest BCUT2D eigenvalue weighted by Crippen LogP contribution is -2.16. The molecule has 20 heavy (non-hydrogen) atoms. The Kier molecular flexibility index (Phi) is 7.06. The molecular weight excluding hydrogens is 250 g/mol. The molecule has 0 atom stereocenters. The minimum Gasteiger partial charge on any atom is -0.425 e. The van der Waals surface area contributed by atoms with Crippen LogP contribution in [-0.2, 0) is 12.8 Å². The van der Waals surface area contributed by atoms with Gasteiger partial charge in [-0.3, -0.25) is 0 Å². The summed E-state index contributed by atoms with van der Waals surface area (Å²) in [7, 11) is 0. The molecule has 1 aromatic rings. The van der Waals surface area contributed by atoms with Crippen molar-refractivity contribution in [3.8, 4) is 0 Å². The zero-order valence-electron chi connectivity index (χ0n) is 12.9. The lowest BCUT2D eigenvalue weighted by molar-refractivity contribution is 0.326. The van der Waals surface area contributed by atoms with Gasteiger partial charge in [-0.15, -0.1) is 10.2 Å². The van der Waals surface area contributed by atoms with Crippen LogP contribution >= 0.6 is 0 Å². The maximum Gasteiger partial charge on any atom is 0.216 e. The molecule has 114 valence electrons. The van der Waals surface area contributed by atoms with Crippen LogP contribution in [0.25, 0.3) is 0 Å². The molecule has 1 N–H and O–H groups in total. The lowest BCUT2D eigenvalue weighted by Gasteiger charge is -2.20. The maximum absolute atomic E-state index is 5.73. The summed E-state index contributed by atoms with van der Waals surface area (Å²) in [5.74, 6) is 2.53. The first-order valence-electron chi connectivity index (χ1n) is 8.40. The normalized spacial score (nSPS) is 16.6. The van der Waals surface area contributed by atoms with Crippen LogP contribution in [0, 0.1) is 5.92 Å². The van der Waals surface area contributed by atoms with Gasteiger partial charge in [-0.05, 0) is 38.3 Å². The molecule has 4 nitrogen and oxygen atoms in total. The van der Waals surface area contributed by atoms with E-state index < -0.39 is 0 Å². The van der Waals surface area contributed by atoms with E-state index in [4.69, 9.17) is 4.42 Å². The van der Waals surface area contributed by atoms with Crippen LogP contribution in [0.3, 0.4) is 0 Å². The van der Waals surface area contributed by atoms with Crippen LogP contribution in [0.5, 0.6) is 0 Å². The van der Waals surface area contributed by atoms with Crippen molar-refractivity contribution in [1.29, 1.82) is 0 Å². The third-order valence-electron chi connectivity index (χ3n) is 4.17. The number of hydrogen-bond acceptors (Lipinski definition) is 4. The summed E-state index contributed by atoms with van der Waals surface area (Å²) in [5.41, 5.74) is 0. The Balaban J connectivity index is 1.61. The van der Waals surface area contributed by atoms with Crippen molar-refractivity contribution in [2.24, 2.45) is 5.92 Å². The first kappa shape index (κ1) is 15.5. The first-order chi connectivity index (χ1) is 9.88. The van der Waals surface area contributed by atoms with E-state index in [-0.39, 0.29) is 0 Å². The number of rotatable bonds is 9. The van der Waals surface area contributed by atoms with Gasteiger partial charge in [0.05, 0.1) is 0 Å². The minimum atomic E-state index is 0.807. The van der Waals surface area contributed by atoms with Crippen molar-refractivity contribution in [3.05, 3.63) is 11.8 Å². The quantitative estimate of drug-likeness (QED) is 0.703. The Morgan fingerprint density at radius 1 is 1.05 bits per heavy atom. The van der Waals surface area contributed by atoms with Gasteiger partial charge < -0.3 is 9.73 Å². The second kappa shape index (κ2) is 9.11. The Morgan fingerprint density at radius 2 is 1.80 bits per heavy atom. The summed E-state index contributed by atoms with van der Waals surface area (Å²) in [6.07, 6.45) is 12.4. The van der Waals surface area contributed by atoms with E-state index in [9.17, 15) is 0 Å². The van der Waals surface area contributed by atoms with E-state index >= 15 is 0 Å². The van der Waals surface area contributed by atoms with E-state index in [1.165, 1.54) is 44.9 Å². The highest BCUT2D eigenvalue weighted by Crippen LogP contribution is 2.27. The summed E-state index contributed by atoms with van der Waals surface area (Å²) in [6.45, 7) is 4.31. The molecule has 4 heteroatoms. The van der Waals surface area contributed by atoms with E-state index in [0.717, 1.165) is 50.1 Å². The van der Waals surface area contributed by atoms with Crippen LogP contribution in [0.4, 0.5) is 0 Å². The van der Waals surface area contributed by atoms with Crippen molar-refractivity contribution in [2.75, 3.05) is 13.1 Å². The lowest BCUT2D eigenvalue weighted by atomic mass is 9.86. The summed E-state index contributed by atoms with van der Waals surface area (Å²) >= 11 is 0. The molecule has 1 saturated carbocycles. The van der Waals surface area contributed by atoms with Gasteiger partial charge in [-0.1, -0.05) is 39.0 Å². The van der Waals surface area contributed by atoms with Crippen LogP contribution < -0.4 is 5.32 Å². The van der Waals surface area contributed by atoms with Gasteiger partial charge in [0.2, 0.25) is 11.8 Å². The second-order valence-electron chi connectivity index (χ2n) is 5.99. The van der Waals surface area contributed by atoms with Gasteiger partial charge in [-0.2, -0.15) is 0 Å². The predicted octanol–water partition coefficient (Wildman–Crippen LogP) is 3.51. The van der Waals surface area contributed by atoms with Crippen molar-refractivity contribution in [1.82, 2.24) is 15.5 Å². The number of nitrogens with zero attached hydrogens (tertiary/aromatic N) is 2. The van der Waals surface area contributed by atoms with Crippen LogP contribution in [0.1, 0.15) is 70.1 Å². The minimum absolute atomic E-state index is 0.807. The highest BCUT2D eigenvalue weighted by Gasteiger charge is 2.15. The second-order valence-corrected chi connectivity index (χ2v) is 5.99. The fraction of sp³-hybridized carbons (Fsp3) is 0.875. The monoisotopic (exact) mass is 279 g/mol. The van der Waals surface area contributed by atoms with Gasteiger partial charge >= 0.3 is 0 Å². The molecule has 0 saturated heterocycles. The van der Waals surface area contributed by atoms with Gasteiger partial charge in [-0.25, -0.2) is 0 Å². The SMILES string of the molecule is CCCNCCCc1nnc(CCC2CCCCC2)o1. The molecule has 1 aliphatic rings. The summed E-state index contributed by atoms with van der Waals surface area (Å²) in [6, 6.07) is 0. The Bertz CT molecular complexity index is 358. The molecule has 0 amide bonds. The van der Waals surface area contributed by atoms with Gasteiger partial charge in [0.15, 0.2) is 0 Å². The van der Waals surface area contributed by atoms with Gasteiger partial charge in [0, 0.05) is 12.8 Å². The predicted molar refractivity (Wildman–Crippen MR) is 80.7 cm³/mol. The topological polar surface area (TPSA) is 51.0 Å². The molecule has 2 rings (SSSR count). The summed E-state index contributed by atoms with van der Waals surface area (Å²) in [5, 5.41) is 11.7. The number of hydrogen-bond donors (Lipinski definition) is 1. The molecule has 0 unspecified atom stereocenters. The van der Waals surface area contributed by atoms with E-state index in [0.29, 0.717) is 0 Å². The van der Waals surface area contributed by atoms with E-state index in [1.54, 1.807) is 0 Å². The summed E-state index contributed by atoms with van der Waals surface area (Å²) in [4.78, 5) is 0. The fourth-order valence-corrected chi connectivity index (χ4v) is 2.96. The highest BCUT2D eigenvalue weighted by atomic mass is 16.4. The molecule has 1 aromatic heterocycles. The zero-order chi connectivity index (χ0) is 14.0. The molecule has 1 fully saturated rings. The van der Waals surface area contributed by atoms with Crippen molar-refractivity contribution < 1.29 is 4.42 Å². The third-order valence-corrected chi connectivity index (χ3v) is 4.17. The third kappa shape index (κ3) is 5.61. The van der Waals surface area contributed by atoms with Gasteiger partial charge in [0.1, 0.15) is 0 Å². The number of aromatic nitrogens is 2. The van der Waals surface area contributed by atoms with Crippen LogP contribution in [-0.4, -0.2) is 23.3 Å². The van der Waals surface area contributed by atoms with Crippen molar-refractivity contribution >= 4 is 0 Å². The smallest absolute Gasteiger partial charge is 0.216 e. The van der Waals surface area contributed by atoms with E-state index in [1.807, 2.05) is 0 Å². The molecule has 0 aromatic carbocycles. The van der Waals surface area contributed by atoms with E-state index in [2.05, 4.69) is 22.4 Å². The Hall–Kier alpha value is -0.900. The van der Waals surface area contributed by atoms with Crippen LogP contribution in [0.15, 0.2) is 4.42 Å². The average Bonchev–Trinajstić information content (AvgIpc) is 2.94. The molecule has 0 bridgehead atoms. The Morgan fingerprint density at radius 3 is 2.55 bits per heavy atom. The number of aryl methyl sites for hydroxylation is 2. The first-order valence-corrected chi connectivity index (χ1v) is 8.40. The van der Waals surface area contributed by atoms with Gasteiger partial charge in [0.25, 0.3) is 0 Å². The average molecular weight is 279 g/mol. The van der Waals surface area contributed by atoms with Crippen LogP contribution in [0.2, 0.25) is 0 Å². The largest absolute Gasteiger partial charge is 0.425 e. The molecular formula is C16H29N3O. The molecule has 1 heterocycles. The molecule has 1 aliphatic carbocycles. The highest BCUT2D eigenvalue weighted by molar-refractivity contribution is 4.83.